The fraction of sp³-hybridized carbons (Fsp3) is 0.667. The van der Waals surface area contributed by atoms with Crippen LogP contribution in [0.2, 0.25) is 0 Å². The van der Waals surface area contributed by atoms with Crippen LogP contribution in [0, 0.1) is 0 Å². The van der Waals surface area contributed by atoms with Crippen LogP contribution in [0.25, 0.3) is 0 Å². The van der Waals surface area contributed by atoms with Gasteiger partial charge in [0.2, 0.25) is 0 Å². The zero-order chi connectivity index (χ0) is 18.0. The Bertz CT molecular complexity index is 603. The molecular weight excluding hydrogens is 418 g/mol. The first-order chi connectivity index (χ1) is 9.55. The average molecular weight is 422 g/mol. The second-order valence-corrected chi connectivity index (χ2v) is 6.06. The van der Waals surface area contributed by atoms with Gasteiger partial charge in [-0.1, -0.05) is 0 Å². The summed E-state index contributed by atoms with van der Waals surface area (Å²) in [5.74, 6) is -5.75. The third-order valence-electron chi connectivity index (χ3n) is 1.65. The van der Waals surface area contributed by atoms with E-state index in [4.69, 9.17) is 0 Å². The summed E-state index contributed by atoms with van der Waals surface area (Å²) in [6.07, 6.45) is 0. The van der Waals surface area contributed by atoms with Gasteiger partial charge in [-0.25, -0.2) is 26.4 Å². The van der Waals surface area contributed by atoms with Gasteiger partial charge in [0.25, 0.3) is 0 Å². The second kappa shape index (κ2) is 9.98. The van der Waals surface area contributed by atoms with Gasteiger partial charge in [0.1, 0.15) is 13.2 Å². The molecule has 0 N–H and O–H groups in total. The maximum Gasteiger partial charge on any atom is 1.00 e. The van der Waals surface area contributed by atoms with Crippen LogP contribution in [0.15, 0.2) is 0 Å². The number of halogens is 4. The van der Waals surface area contributed by atoms with Crippen LogP contribution in [0.4, 0.5) is 17.6 Å². The van der Waals surface area contributed by atoms with Gasteiger partial charge in [0.05, 0.1) is 0 Å². The van der Waals surface area contributed by atoms with E-state index in [-0.39, 0.29) is 59.1 Å². The second-order valence-electron chi connectivity index (χ2n) is 3.21. The first-order valence-corrected chi connectivity index (χ1v) is 7.37. The standard InChI is InChI=1S/C6H6F4O10S2.2Na/c7-5(8,21(13,14)15)3(11)19-1-2-20-4(12)6(9,10)22(16,17)18;;/h1-2H2,(H,13,14,15)(H,16,17,18);;/q;2*+1/p-2. The molecule has 0 unspecified atom stereocenters. The molecule has 0 aromatic heterocycles. The smallest absolute Gasteiger partial charge is 0.743 e. The fourth-order valence-electron chi connectivity index (χ4n) is 0.641. The topological polar surface area (TPSA) is 167 Å². The molecule has 24 heavy (non-hydrogen) atoms. The summed E-state index contributed by atoms with van der Waals surface area (Å²) in [7, 11) is -12.8. The summed E-state index contributed by atoms with van der Waals surface area (Å²) in [5, 5.41) is -10.9. The Morgan fingerprint density at radius 3 is 1.12 bits per heavy atom. The van der Waals surface area contributed by atoms with Gasteiger partial charge in [-0.15, -0.1) is 0 Å². The Hall–Kier alpha value is 0.480. The molecule has 0 saturated heterocycles. The number of hydrogen-bond donors (Lipinski definition) is 0. The van der Waals surface area contributed by atoms with Crippen LogP contribution < -0.4 is 59.1 Å². The average Bonchev–Trinajstić information content (AvgIpc) is 2.30. The molecule has 0 aliphatic rings. The monoisotopic (exact) mass is 422 g/mol. The van der Waals surface area contributed by atoms with Crippen molar-refractivity contribution in [3.05, 3.63) is 0 Å². The van der Waals surface area contributed by atoms with E-state index >= 15 is 0 Å². The van der Waals surface area contributed by atoms with Crippen LogP contribution in [0.5, 0.6) is 0 Å². The van der Waals surface area contributed by atoms with E-state index in [9.17, 15) is 53.1 Å². The van der Waals surface area contributed by atoms with E-state index in [0.717, 1.165) is 0 Å². The fourth-order valence-corrected chi connectivity index (χ4v) is 1.17. The molecule has 0 spiro atoms. The Morgan fingerprint density at radius 1 is 0.750 bits per heavy atom. The molecule has 0 heterocycles. The van der Waals surface area contributed by atoms with Crippen molar-refractivity contribution in [1.82, 2.24) is 0 Å². The van der Waals surface area contributed by atoms with Crippen molar-refractivity contribution in [3.8, 4) is 0 Å². The molecule has 18 heteroatoms. The molecule has 0 fully saturated rings. The van der Waals surface area contributed by atoms with Crippen LogP contribution in [0.1, 0.15) is 0 Å². The van der Waals surface area contributed by atoms with E-state index in [1.807, 2.05) is 0 Å². The first-order valence-electron chi connectivity index (χ1n) is 4.56. The summed E-state index contributed by atoms with van der Waals surface area (Å²) >= 11 is 0. The Labute approximate surface area is 176 Å². The Morgan fingerprint density at radius 2 is 0.958 bits per heavy atom. The molecular formula is C6H4F4Na2O10S2. The van der Waals surface area contributed by atoms with Crippen molar-refractivity contribution >= 4 is 32.2 Å². The Kier molecular flexibility index (Phi) is 12.2. The molecule has 0 bridgehead atoms. The quantitative estimate of drug-likeness (QED) is 0.126. The largest absolute Gasteiger partial charge is 1.00 e. The summed E-state index contributed by atoms with van der Waals surface area (Å²) in [4.78, 5) is 21.1. The van der Waals surface area contributed by atoms with Gasteiger partial charge >= 0.3 is 81.6 Å². The van der Waals surface area contributed by atoms with E-state index in [1.54, 1.807) is 0 Å². The molecule has 0 rings (SSSR count). The van der Waals surface area contributed by atoms with Crippen molar-refractivity contribution in [2.45, 2.75) is 10.5 Å². The van der Waals surface area contributed by atoms with Gasteiger partial charge in [-0.2, -0.15) is 17.6 Å². The van der Waals surface area contributed by atoms with Gasteiger partial charge in [-0.3, -0.25) is 0 Å². The number of carbonyl (C=O) groups excluding carboxylic acids is 2. The number of esters is 2. The van der Waals surface area contributed by atoms with Crippen LogP contribution >= 0.6 is 0 Å². The van der Waals surface area contributed by atoms with E-state index in [1.165, 1.54) is 0 Å². The van der Waals surface area contributed by atoms with Crippen LogP contribution in [0.3, 0.4) is 0 Å². The summed E-state index contributed by atoms with van der Waals surface area (Å²) in [6.45, 7) is -2.85. The zero-order valence-corrected chi connectivity index (χ0v) is 17.5. The summed E-state index contributed by atoms with van der Waals surface area (Å²) in [5.41, 5.74) is 0. The van der Waals surface area contributed by atoms with Crippen molar-refractivity contribution in [3.63, 3.8) is 0 Å². The van der Waals surface area contributed by atoms with Gasteiger partial charge in [0, 0.05) is 0 Å². The summed E-state index contributed by atoms with van der Waals surface area (Å²) in [6, 6.07) is 0. The first kappa shape index (κ1) is 29.3. The molecule has 0 aliphatic heterocycles. The van der Waals surface area contributed by atoms with Gasteiger partial charge < -0.3 is 18.6 Å². The SMILES string of the molecule is O=C(OCCOC(=O)C(F)(F)S(=O)(=O)[O-])C(F)(F)S(=O)(=O)[O-].[Na+].[Na+]. The third-order valence-corrected chi connectivity index (χ3v) is 3.24. The van der Waals surface area contributed by atoms with E-state index in [2.05, 4.69) is 9.47 Å². The van der Waals surface area contributed by atoms with Crippen molar-refractivity contribution in [1.29, 1.82) is 0 Å². The molecule has 0 aromatic rings. The molecule has 0 amide bonds. The maximum atomic E-state index is 12.5. The van der Waals surface area contributed by atoms with Crippen molar-refractivity contribution < 1.29 is 122 Å². The zero-order valence-electron chi connectivity index (χ0n) is 11.8. The minimum absolute atomic E-state index is 0. The number of ether oxygens (including phenoxy) is 2. The number of carbonyl (C=O) groups is 2. The molecule has 130 valence electrons. The third kappa shape index (κ3) is 7.38. The predicted molar refractivity (Wildman–Crippen MR) is 51.2 cm³/mol. The molecule has 0 aliphatic carbocycles. The Balaban J connectivity index is -0.00000220. The molecule has 0 saturated carbocycles. The number of rotatable bonds is 7. The van der Waals surface area contributed by atoms with Crippen molar-refractivity contribution in [2.75, 3.05) is 13.2 Å². The minimum atomic E-state index is -6.40. The molecule has 0 atom stereocenters. The van der Waals surface area contributed by atoms with E-state index < -0.39 is 55.9 Å². The van der Waals surface area contributed by atoms with Crippen LogP contribution in [-0.2, 0) is 39.3 Å². The summed E-state index contributed by atoms with van der Waals surface area (Å²) < 4.78 is 117. The minimum Gasteiger partial charge on any atom is -0.743 e. The van der Waals surface area contributed by atoms with E-state index in [0.29, 0.717) is 0 Å². The maximum absolute atomic E-state index is 12.5. The molecule has 0 aromatic carbocycles. The number of hydrogen-bond acceptors (Lipinski definition) is 10. The van der Waals surface area contributed by atoms with Crippen molar-refractivity contribution in [2.24, 2.45) is 0 Å². The predicted octanol–water partition coefficient (Wildman–Crippen LogP) is -7.64. The van der Waals surface area contributed by atoms with Crippen LogP contribution in [-0.4, -0.2) is 61.6 Å². The normalized spacial score (nSPS) is 12.4. The van der Waals surface area contributed by atoms with Gasteiger partial charge in [-0.05, 0) is 0 Å². The molecule has 10 nitrogen and oxygen atoms in total. The molecule has 0 radical (unpaired) electrons. The number of alkyl halides is 4. The van der Waals surface area contributed by atoms with Gasteiger partial charge in [0.15, 0.2) is 20.2 Å².